The Kier molecular flexibility index (Phi) is 5.22. The maximum absolute atomic E-state index is 12.2. The van der Waals surface area contributed by atoms with E-state index in [9.17, 15) is 9.59 Å². The highest BCUT2D eigenvalue weighted by molar-refractivity contribution is 5.89. The number of furan rings is 1. The van der Waals surface area contributed by atoms with Gasteiger partial charge in [-0.15, -0.1) is 0 Å². The van der Waals surface area contributed by atoms with Crippen LogP contribution in [0.4, 0.5) is 0 Å². The van der Waals surface area contributed by atoms with E-state index < -0.39 is 0 Å². The Morgan fingerprint density at radius 2 is 1.85 bits per heavy atom. The molecule has 0 aliphatic carbocycles. The third-order valence-corrected chi connectivity index (χ3v) is 4.08. The monoisotopic (exact) mass is 353 g/mol. The van der Waals surface area contributed by atoms with E-state index in [2.05, 4.69) is 10.1 Å². The maximum Gasteiger partial charge on any atom is 0.337 e. The highest BCUT2D eigenvalue weighted by Crippen LogP contribution is 2.25. The lowest BCUT2D eigenvalue weighted by molar-refractivity contribution is -0.120. The van der Waals surface area contributed by atoms with Gasteiger partial charge in [0.2, 0.25) is 5.91 Å². The predicted octanol–water partition coefficient (Wildman–Crippen LogP) is 3.09. The van der Waals surface area contributed by atoms with Crippen LogP contribution in [-0.2, 0) is 22.5 Å². The first-order chi connectivity index (χ1) is 12.6. The Balaban J connectivity index is 1.60. The van der Waals surface area contributed by atoms with Gasteiger partial charge in [-0.3, -0.25) is 4.79 Å². The largest absolute Gasteiger partial charge is 0.497 e. The minimum absolute atomic E-state index is 0.111. The molecule has 1 heterocycles. The summed E-state index contributed by atoms with van der Waals surface area (Å²) in [5.41, 5.74) is 2.88. The van der Waals surface area contributed by atoms with Gasteiger partial charge in [-0.1, -0.05) is 12.1 Å². The fourth-order valence-corrected chi connectivity index (χ4v) is 2.64. The number of ether oxygens (including phenoxy) is 2. The molecule has 1 aromatic heterocycles. The van der Waals surface area contributed by atoms with Crippen LogP contribution < -0.4 is 10.1 Å². The molecule has 0 aliphatic heterocycles. The minimum Gasteiger partial charge on any atom is -0.497 e. The first-order valence-electron chi connectivity index (χ1n) is 8.09. The molecule has 0 atom stereocenters. The van der Waals surface area contributed by atoms with E-state index >= 15 is 0 Å². The van der Waals surface area contributed by atoms with Gasteiger partial charge >= 0.3 is 5.97 Å². The second-order valence-corrected chi connectivity index (χ2v) is 5.77. The van der Waals surface area contributed by atoms with Crippen LogP contribution in [0.1, 0.15) is 21.5 Å². The van der Waals surface area contributed by atoms with Gasteiger partial charge in [-0.05, 0) is 29.8 Å². The van der Waals surface area contributed by atoms with Gasteiger partial charge in [-0.2, -0.15) is 0 Å². The van der Waals surface area contributed by atoms with Gasteiger partial charge < -0.3 is 19.2 Å². The summed E-state index contributed by atoms with van der Waals surface area (Å²) in [6.07, 6.45) is 1.81. The molecule has 134 valence electrons. The smallest absolute Gasteiger partial charge is 0.337 e. The summed E-state index contributed by atoms with van der Waals surface area (Å²) in [6, 6.07) is 12.4. The molecule has 0 saturated heterocycles. The molecule has 0 unspecified atom stereocenters. The van der Waals surface area contributed by atoms with E-state index in [-0.39, 0.29) is 18.3 Å². The molecule has 1 amide bonds. The van der Waals surface area contributed by atoms with Gasteiger partial charge in [0, 0.05) is 23.6 Å². The van der Waals surface area contributed by atoms with E-state index in [0.717, 1.165) is 16.5 Å². The number of methoxy groups -OCH3 is 2. The second kappa shape index (κ2) is 7.74. The highest BCUT2D eigenvalue weighted by atomic mass is 16.5. The first kappa shape index (κ1) is 17.5. The number of fused-ring (bicyclic) bond motifs is 1. The van der Waals surface area contributed by atoms with Crippen molar-refractivity contribution in [1.29, 1.82) is 0 Å². The standard InChI is InChI=1S/C20H19NO5/c1-24-16-7-8-17-15(12-26-18(17)10-16)9-19(22)21-11-13-3-5-14(6-4-13)20(23)25-2/h3-8,10,12H,9,11H2,1-2H3,(H,21,22). The van der Waals surface area contributed by atoms with E-state index in [1.165, 1.54) is 7.11 Å². The van der Waals surface area contributed by atoms with Gasteiger partial charge in [-0.25, -0.2) is 4.79 Å². The molecule has 0 bridgehead atoms. The second-order valence-electron chi connectivity index (χ2n) is 5.77. The number of benzene rings is 2. The number of esters is 1. The highest BCUT2D eigenvalue weighted by Gasteiger charge is 2.11. The lowest BCUT2D eigenvalue weighted by Gasteiger charge is -2.06. The van der Waals surface area contributed by atoms with Crippen LogP contribution in [0, 0.1) is 0 Å². The summed E-state index contributed by atoms with van der Waals surface area (Å²) in [5.74, 6) is 0.211. The SMILES string of the molecule is COC(=O)c1ccc(CNC(=O)Cc2coc3cc(OC)ccc23)cc1. The van der Waals surface area contributed by atoms with Crippen LogP contribution in [0.3, 0.4) is 0 Å². The number of hydrogen-bond donors (Lipinski definition) is 1. The fourth-order valence-electron chi connectivity index (χ4n) is 2.64. The van der Waals surface area contributed by atoms with Crippen molar-refractivity contribution < 1.29 is 23.5 Å². The lowest BCUT2D eigenvalue weighted by atomic mass is 10.1. The van der Waals surface area contributed by atoms with Crippen LogP contribution in [0.2, 0.25) is 0 Å². The van der Waals surface area contributed by atoms with Gasteiger partial charge in [0.05, 0.1) is 32.5 Å². The normalized spacial score (nSPS) is 10.5. The molecule has 6 nitrogen and oxygen atoms in total. The summed E-state index contributed by atoms with van der Waals surface area (Å²) < 4.78 is 15.3. The summed E-state index contributed by atoms with van der Waals surface area (Å²) >= 11 is 0. The van der Waals surface area contributed by atoms with E-state index in [1.807, 2.05) is 12.1 Å². The van der Waals surface area contributed by atoms with E-state index in [4.69, 9.17) is 9.15 Å². The number of nitrogens with one attached hydrogen (secondary N) is 1. The average molecular weight is 353 g/mol. The molecule has 0 aliphatic rings. The van der Waals surface area contributed by atoms with E-state index in [0.29, 0.717) is 23.4 Å². The van der Waals surface area contributed by atoms with Gasteiger partial charge in [0.1, 0.15) is 11.3 Å². The predicted molar refractivity (Wildman–Crippen MR) is 96.1 cm³/mol. The molecule has 0 radical (unpaired) electrons. The fraction of sp³-hybridized carbons (Fsp3) is 0.200. The zero-order valence-corrected chi connectivity index (χ0v) is 14.6. The molecule has 0 fully saturated rings. The van der Waals surface area contributed by atoms with Crippen LogP contribution in [0.15, 0.2) is 53.1 Å². The van der Waals surface area contributed by atoms with Crippen molar-refractivity contribution in [1.82, 2.24) is 5.32 Å². The molecule has 3 aromatic rings. The molecular formula is C20H19NO5. The van der Waals surface area contributed by atoms with Crippen LogP contribution in [-0.4, -0.2) is 26.1 Å². The van der Waals surface area contributed by atoms with Crippen LogP contribution >= 0.6 is 0 Å². The van der Waals surface area contributed by atoms with Crippen molar-refractivity contribution in [2.75, 3.05) is 14.2 Å². The van der Waals surface area contributed by atoms with Gasteiger partial charge in [0.25, 0.3) is 0 Å². The molecule has 6 heteroatoms. The van der Waals surface area contributed by atoms with Crippen molar-refractivity contribution in [3.05, 3.63) is 65.4 Å². The quantitative estimate of drug-likeness (QED) is 0.689. The molecule has 2 aromatic carbocycles. The molecule has 0 saturated carbocycles. The topological polar surface area (TPSA) is 77.8 Å². The molecular weight excluding hydrogens is 334 g/mol. The number of amides is 1. The van der Waals surface area contributed by atoms with Crippen molar-refractivity contribution in [3.8, 4) is 5.75 Å². The Morgan fingerprint density at radius 3 is 2.54 bits per heavy atom. The summed E-state index contributed by atoms with van der Waals surface area (Å²) in [6.45, 7) is 0.379. The Morgan fingerprint density at radius 1 is 1.08 bits per heavy atom. The Bertz CT molecular complexity index is 927. The zero-order chi connectivity index (χ0) is 18.5. The van der Waals surface area contributed by atoms with Crippen molar-refractivity contribution in [2.24, 2.45) is 0 Å². The Labute approximate surface area is 150 Å². The number of carbonyl (C=O) groups excluding carboxylic acids is 2. The summed E-state index contributed by atoms with van der Waals surface area (Å²) in [7, 11) is 2.93. The average Bonchev–Trinajstić information content (AvgIpc) is 3.08. The van der Waals surface area contributed by atoms with Crippen molar-refractivity contribution in [3.63, 3.8) is 0 Å². The van der Waals surface area contributed by atoms with Gasteiger partial charge in [0.15, 0.2) is 0 Å². The third kappa shape index (κ3) is 3.85. The summed E-state index contributed by atoms with van der Waals surface area (Å²) in [5, 5.41) is 3.76. The lowest BCUT2D eigenvalue weighted by Crippen LogP contribution is -2.24. The maximum atomic E-state index is 12.2. The first-order valence-corrected chi connectivity index (χ1v) is 8.09. The molecule has 0 spiro atoms. The minimum atomic E-state index is -0.385. The van der Waals surface area contributed by atoms with Crippen LogP contribution in [0.25, 0.3) is 11.0 Å². The molecule has 26 heavy (non-hydrogen) atoms. The zero-order valence-electron chi connectivity index (χ0n) is 14.6. The van der Waals surface area contributed by atoms with Crippen LogP contribution in [0.5, 0.6) is 5.75 Å². The Hall–Kier alpha value is -3.28. The third-order valence-electron chi connectivity index (χ3n) is 4.08. The number of carbonyl (C=O) groups is 2. The molecule has 1 N–H and O–H groups in total. The summed E-state index contributed by atoms with van der Waals surface area (Å²) in [4.78, 5) is 23.6. The van der Waals surface area contributed by atoms with E-state index in [1.54, 1.807) is 43.7 Å². The number of rotatable bonds is 6. The van der Waals surface area contributed by atoms with Crippen molar-refractivity contribution >= 4 is 22.8 Å². The van der Waals surface area contributed by atoms with Crippen molar-refractivity contribution in [2.45, 2.75) is 13.0 Å². The molecule has 3 rings (SSSR count). The number of hydrogen-bond acceptors (Lipinski definition) is 5.